The van der Waals surface area contributed by atoms with E-state index in [2.05, 4.69) is 5.32 Å². The fourth-order valence-electron chi connectivity index (χ4n) is 4.64. The van der Waals surface area contributed by atoms with Crippen LogP contribution < -0.4 is 25.4 Å². The van der Waals surface area contributed by atoms with E-state index in [0.29, 0.717) is 16.8 Å². The normalized spacial score (nSPS) is 12.9. The second kappa shape index (κ2) is 12.9. The third-order valence-electron chi connectivity index (χ3n) is 6.88. The molecular formula is C30H36F3N5O6. The van der Waals surface area contributed by atoms with E-state index in [1.54, 1.807) is 51.9 Å². The lowest BCUT2D eigenvalue weighted by Gasteiger charge is -2.26. The monoisotopic (exact) mass is 619 g/mol. The van der Waals surface area contributed by atoms with Gasteiger partial charge in [-0.2, -0.15) is 13.2 Å². The van der Waals surface area contributed by atoms with Crippen molar-refractivity contribution in [1.82, 2.24) is 10.2 Å². The van der Waals surface area contributed by atoms with Crippen molar-refractivity contribution in [1.29, 1.82) is 5.41 Å². The molecule has 4 N–H and O–H groups in total. The van der Waals surface area contributed by atoms with Gasteiger partial charge in [-0.25, -0.2) is 4.79 Å². The molecule has 2 aromatic rings. The highest BCUT2D eigenvalue weighted by molar-refractivity contribution is 6.08. The summed E-state index contributed by atoms with van der Waals surface area (Å²) >= 11 is 0. The number of ketones is 1. The molecule has 0 bridgehead atoms. The number of amidine groups is 1. The van der Waals surface area contributed by atoms with Gasteiger partial charge in [-0.05, 0) is 41.7 Å². The van der Waals surface area contributed by atoms with Crippen LogP contribution in [-0.4, -0.2) is 74.8 Å². The van der Waals surface area contributed by atoms with Crippen molar-refractivity contribution in [3.05, 3.63) is 52.1 Å². The zero-order valence-corrected chi connectivity index (χ0v) is 25.4. The largest absolute Gasteiger partial charge is 0.491 e. The van der Waals surface area contributed by atoms with Gasteiger partial charge in [-0.3, -0.25) is 19.8 Å². The summed E-state index contributed by atoms with van der Waals surface area (Å²) in [6.07, 6.45) is -5.22. The molecule has 0 aliphatic carbocycles. The maximum atomic E-state index is 13.6. The molecule has 1 heterocycles. The highest BCUT2D eigenvalue weighted by Crippen LogP contribution is 2.41. The number of ether oxygens (including phenoxy) is 2. The molecular weight excluding hydrogens is 583 g/mol. The lowest BCUT2D eigenvalue weighted by Crippen LogP contribution is -2.31. The van der Waals surface area contributed by atoms with Crippen LogP contribution in [0.5, 0.6) is 11.5 Å². The molecule has 2 aromatic carbocycles. The van der Waals surface area contributed by atoms with Crippen molar-refractivity contribution < 1.29 is 41.8 Å². The van der Waals surface area contributed by atoms with E-state index in [1.165, 1.54) is 24.1 Å². The van der Waals surface area contributed by atoms with Crippen LogP contribution in [0.15, 0.2) is 24.3 Å². The topological polar surface area (TPSA) is 155 Å². The van der Waals surface area contributed by atoms with Crippen molar-refractivity contribution in [3.63, 3.8) is 0 Å². The number of carbonyl (C=O) groups excluding carboxylic acids is 4. The molecule has 44 heavy (non-hydrogen) atoms. The zero-order valence-electron chi connectivity index (χ0n) is 25.4. The molecule has 0 saturated carbocycles. The van der Waals surface area contributed by atoms with Gasteiger partial charge in [0.15, 0.2) is 17.3 Å². The molecule has 0 aromatic heterocycles. The van der Waals surface area contributed by atoms with Gasteiger partial charge in [0.1, 0.15) is 5.84 Å². The third kappa shape index (κ3) is 7.66. The van der Waals surface area contributed by atoms with E-state index >= 15 is 0 Å². The Balaban J connectivity index is 2.00. The second-order valence-corrected chi connectivity index (χ2v) is 11.5. The van der Waals surface area contributed by atoms with E-state index in [0.717, 1.165) is 5.56 Å². The first-order chi connectivity index (χ1) is 20.3. The molecule has 14 heteroatoms. The fourth-order valence-corrected chi connectivity index (χ4v) is 4.64. The first-order valence-corrected chi connectivity index (χ1v) is 13.7. The van der Waals surface area contributed by atoms with E-state index in [-0.39, 0.29) is 61.2 Å². The number of hydrogen-bond acceptors (Lipinski definition) is 8. The Morgan fingerprint density at radius 1 is 1.09 bits per heavy atom. The minimum absolute atomic E-state index is 0.0264. The predicted octanol–water partition coefficient (Wildman–Crippen LogP) is 3.55. The van der Waals surface area contributed by atoms with Crippen LogP contribution in [0.25, 0.3) is 0 Å². The van der Waals surface area contributed by atoms with Crippen LogP contribution in [0, 0.1) is 5.41 Å². The number of hydrogen-bond donors (Lipinski definition) is 3. The first kappa shape index (κ1) is 33.9. The maximum Gasteiger partial charge on any atom is 0.491 e. The number of fused-ring (bicyclic) bond motifs is 1. The molecule has 0 fully saturated rings. The maximum absolute atomic E-state index is 13.6. The highest BCUT2D eigenvalue weighted by Gasteiger charge is 2.43. The second-order valence-electron chi connectivity index (χ2n) is 11.5. The number of nitrogens with two attached hydrogens (primary N) is 1. The summed E-state index contributed by atoms with van der Waals surface area (Å²) in [4.78, 5) is 52.4. The number of benzene rings is 2. The molecule has 0 atom stereocenters. The van der Waals surface area contributed by atoms with Crippen LogP contribution in [0.2, 0.25) is 0 Å². The van der Waals surface area contributed by atoms with Crippen molar-refractivity contribution in [2.24, 2.45) is 5.73 Å². The first-order valence-electron chi connectivity index (χ1n) is 13.7. The number of nitrogens with zero attached hydrogens (tertiary/aromatic N) is 2. The average Bonchev–Trinajstić information content (AvgIpc) is 3.22. The van der Waals surface area contributed by atoms with Gasteiger partial charge in [-0.1, -0.05) is 20.8 Å². The Hall–Kier alpha value is -4.62. The van der Waals surface area contributed by atoms with Gasteiger partial charge in [0, 0.05) is 56.5 Å². The summed E-state index contributed by atoms with van der Waals surface area (Å²) in [6.45, 7) is 4.77. The molecule has 0 spiro atoms. The molecule has 1 aliphatic rings. The molecule has 0 unspecified atom stereocenters. The number of Topliss-reactive ketones (excluding diaryl/α,β-unsaturated/α-hetero) is 1. The van der Waals surface area contributed by atoms with Crippen LogP contribution in [0.4, 0.5) is 18.9 Å². The van der Waals surface area contributed by atoms with Gasteiger partial charge >= 0.3 is 12.1 Å². The zero-order chi connectivity index (χ0) is 33.1. The summed E-state index contributed by atoms with van der Waals surface area (Å²) in [7, 11) is 5.07. The number of rotatable bonds is 11. The van der Waals surface area contributed by atoms with E-state index in [1.807, 2.05) is 0 Å². The standard InChI is InChI=1S/C30H36F3N5O6/c1-29(2,3)20-10-16(12-23(43-9-7-8-24(34)40)25(20)44-28(42)30(31,32)33)22(39)15-38-14-17-11-21(37(5)6)19(27(41)36-4)13-18(17)26(38)35/h10-13,35H,7-9,14-15H2,1-6H3,(H2,34,40)(H,36,41). The van der Waals surface area contributed by atoms with Crippen molar-refractivity contribution in [3.8, 4) is 11.5 Å². The van der Waals surface area contributed by atoms with Crippen LogP contribution in [0.1, 0.15) is 71.0 Å². The third-order valence-corrected chi connectivity index (χ3v) is 6.88. The van der Waals surface area contributed by atoms with Crippen molar-refractivity contribution in [2.45, 2.75) is 51.7 Å². The van der Waals surface area contributed by atoms with Gasteiger partial charge in [0.05, 0.1) is 18.7 Å². The summed E-state index contributed by atoms with van der Waals surface area (Å²) in [5, 5.41) is 11.3. The Morgan fingerprint density at radius 2 is 1.75 bits per heavy atom. The highest BCUT2D eigenvalue weighted by atomic mass is 19.4. The summed E-state index contributed by atoms with van der Waals surface area (Å²) in [6, 6.07) is 5.92. The Morgan fingerprint density at radius 3 is 2.30 bits per heavy atom. The van der Waals surface area contributed by atoms with Gasteiger partial charge in [-0.15, -0.1) is 0 Å². The van der Waals surface area contributed by atoms with Gasteiger partial charge in [0.25, 0.3) is 5.91 Å². The number of esters is 1. The van der Waals surface area contributed by atoms with Gasteiger partial charge < -0.3 is 30.3 Å². The number of carbonyl (C=O) groups is 4. The van der Waals surface area contributed by atoms with Crippen LogP contribution >= 0.6 is 0 Å². The smallest absolute Gasteiger partial charge is 0.490 e. The lowest BCUT2D eigenvalue weighted by atomic mass is 9.84. The molecule has 238 valence electrons. The number of anilines is 1. The van der Waals surface area contributed by atoms with Crippen LogP contribution in [-0.2, 0) is 21.5 Å². The Labute approximate surface area is 253 Å². The van der Waals surface area contributed by atoms with E-state index < -0.39 is 35.0 Å². The number of nitrogens with one attached hydrogen (secondary N) is 2. The lowest BCUT2D eigenvalue weighted by molar-refractivity contribution is -0.189. The minimum Gasteiger partial charge on any atom is -0.490 e. The van der Waals surface area contributed by atoms with Crippen LogP contribution in [0.3, 0.4) is 0 Å². The average molecular weight is 620 g/mol. The van der Waals surface area contributed by atoms with E-state index in [9.17, 15) is 32.3 Å². The number of alkyl halides is 3. The molecule has 1 aliphatic heterocycles. The predicted molar refractivity (Wildman–Crippen MR) is 156 cm³/mol. The minimum atomic E-state index is -5.29. The molecule has 3 rings (SSSR count). The summed E-state index contributed by atoms with van der Waals surface area (Å²) in [5.74, 6) is -4.63. The fraction of sp³-hybridized carbons (Fsp3) is 0.433. The number of halogens is 3. The van der Waals surface area contributed by atoms with E-state index in [4.69, 9.17) is 20.6 Å². The van der Waals surface area contributed by atoms with Crippen molar-refractivity contribution in [2.75, 3.05) is 39.2 Å². The Kier molecular flexibility index (Phi) is 9.96. The molecule has 0 saturated heterocycles. The van der Waals surface area contributed by atoms with Crippen molar-refractivity contribution >= 4 is 35.1 Å². The summed E-state index contributed by atoms with van der Waals surface area (Å²) < 4.78 is 49.9. The molecule has 2 amide bonds. The molecule has 11 nitrogen and oxygen atoms in total. The summed E-state index contributed by atoms with van der Waals surface area (Å²) in [5.41, 5.74) is 6.65. The number of primary amides is 1. The molecule has 0 radical (unpaired) electrons. The quantitative estimate of drug-likeness (QED) is 0.149. The number of amides is 2. The SMILES string of the molecule is CNC(=O)c1cc2c(cc1N(C)C)CN(CC(=O)c1cc(OCCCC(N)=O)c(OC(=O)C(F)(F)F)c(C(C)(C)C)c1)C2=N. The van der Waals surface area contributed by atoms with Gasteiger partial charge in [0.2, 0.25) is 5.91 Å². The Bertz CT molecular complexity index is 1500.